The number of para-hydroxylation sites is 2. The van der Waals surface area contributed by atoms with E-state index in [1.54, 1.807) is 30.5 Å². The van der Waals surface area contributed by atoms with E-state index in [0.717, 1.165) is 19.5 Å². The predicted molar refractivity (Wildman–Crippen MR) is 118 cm³/mol. The van der Waals surface area contributed by atoms with Crippen molar-refractivity contribution in [2.24, 2.45) is 4.99 Å². The predicted octanol–water partition coefficient (Wildman–Crippen LogP) is 3.52. The van der Waals surface area contributed by atoms with Crippen LogP contribution in [0.15, 0.2) is 53.5 Å². The van der Waals surface area contributed by atoms with Crippen molar-refractivity contribution in [1.82, 2.24) is 4.90 Å². The number of likely N-dealkylation sites (tertiary alicyclic amines) is 1. The van der Waals surface area contributed by atoms with Gasteiger partial charge in [-0.2, -0.15) is 0 Å². The van der Waals surface area contributed by atoms with Gasteiger partial charge >= 0.3 is 0 Å². The molecule has 6 heteroatoms. The van der Waals surface area contributed by atoms with E-state index in [1.807, 2.05) is 24.3 Å². The fourth-order valence-corrected chi connectivity index (χ4v) is 4.45. The molecule has 0 spiro atoms. The van der Waals surface area contributed by atoms with Crippen LogP contribution in [-0.2, 0) is 4.79 Å². The van der Waals surface area contributed by atoms with Crippen molar-refractivity contribution < 1.29 is 14.3 Å². The second-order valence-electron chi connectivity index (χ2n) is 7.65. The Morgan fingerprint density at radius 1 is 1.13 bits per heavy atom. The maximum atomic E-state index is 13.5. The van der Waals surface area contributed by atoms with Crippen LogP contribution in [0, 0.1) is 0 Å². The topological polar surface area (TPSA) is 62.2 Å². The third kappa shape index (κ3) is 3.63. The smallest absolute Gasteiger partial charge is 0.265 e. The number of aliphatic imine (C=N–C) groups is 1. The molecule has 2 aromatic carbocycles. The van der Waals surface area contributed by atoms with E-state index in [0.29, 0.717) is 35.2 Å². The van der Waals surface area contributed by atoms with Gasteiger partial charge in [0.2, 0.25) is 5.91 Å². The number of rotatable bonds is 6. The highest BCUT2D eigenvalue weighted by Crippen LogP contribution is 2.36. The van der Waals surface area contributed by atoms with Gasteiger partial charge in [-0.15, -0.1) is 0 Å². The van der Waals surface area contributed by atoms with Gasteiger partial charge in [0.15, 0.2) is 0 Å². The van der Waals surface area contributed by atoms with E-state index >= 15 is 0 Å². The third-order valence-electron chi connectivity index (χ3n) is 6.02. The Morgan fingerprint density at radius 3 is 2.70 bits per heavy atom. The molecule has 1 saturated heterocycles. The quantitative estimate of drug-likeness (QED) is 0.545. The lowest BCUT2D eigenvalue weighted by molar-refractivity contribution is -0.118. The van der Waals surface area contributed by atoms with Crippen LogP contribution in [0.4, 0.5) is 5.69 Å². The van der Waals surface area contributed by atoms with Crippen LogP contribution in [0.3, 0.4) is 0 Å². The third-order valence-corrected chi connectivity index (χ3v) is 6.02. The normalized spacial score (nSPS) is 22.0. The molecule has 2 aliphatic heterocycles. The number of nitrogens with zero attached hydrogens (tertiary/aromatic N) is 3. The average Bonchev–Trinajstić information content (AvgIpc) is 3.24. The lowest BCUT2D eigenvalue weighted by Crippen LogP contribution is -2.45. The molecule has 0 radical (unpaired) electrons. The van der Waals surface area contributed by atoms with Gasteiger partial charge < -0.3 is 4.74 Å². The molecular weight excluding hydrogens is 378 g/mol. The van der Waals surface area contributed by atoms with Crippen molar-refractivity contribution in [3.63, 3.8) is 0 Å². The Bertz CT molecular complexity index is 972. The first-order valence-corrected chi connectivity index (χ1v) is 10.5. The van der Waals surface area contributed by atoms with E-state index in [1.165, 1.54) is 18.4 Å². The van der Waals surface area contributed by atoms with Crippen LogP contribution >= 0.6 is 0 Å². The molecule has 0 bridgehead atoms. The number of carbonyl (C=O) groups is 2. The van der Waals surface area contributed by atoms with Crippen molar-refractivity contribution >= 4 is 23.7 Å². The summed E-state index contributed by atoms with van der Waals surface area (Å²) in [4.78, 5) is 35.0. The van der Waals surface area contributed by atoms with Gasteiger partial charge in [-0.25, -0.2) is 4.90 Å². The average molecular weight is 405 g/mol. The number of anilines is 1. The van der Waals surface area contributed by atoms with Crippen molar-refractivity contribution in [3.05, 3.63) is 59.7 Å². The van der Waals surface area contributed by atoms with Crippen molar-refractivity contribution in [1.29, 1.82) is 0 Å². The number of hydrogen-bond acceptors (Lipinski definition) is 5. The molecule has 1 fully saturated rings. The highest BCUT2D eigenvalue weighted by atomic mass is 16.5. The summed E-state index contributed by atoms with van der Waals surface area (Å²) in [5.41, 5.74) is 1.69. The number of methoxy groups -OCH3 is 1. The molecular formula is C24H27N3O3. The van der Waals surface area contributed by atoms with Gasteiger partial charge in [0.1, 0.15) is 5.75 Å². The van der Waals surface area contributed by atoms with Gasteiger partial charge in [0.25, 0.3) is 5.91 Å². The van der Waals surface area contributed by atoms with Crippen LogP contribution in [-0.4, -0.2) is 55.7 Å². The summed E-state index contributed by atoms with van der Waals surface area (Å²) < 4.78 is 5.41. The van der Waals surface area contributed by atoms with Crippen molar-refractivity contribution in [2.45, 2.75) is 31.7 Å². The second-order valence-corrected chi connectivity index (χ2v) is 7.65. The Morgan fingerprint density at radius 2 is 1.90 bits per heavy atom. The largest absolute Gasteiger partial charge is 0.495 e. The lowest BCUT2D eigenvalue weighted by Gasteiger charge is -2.31. The van der Waals surface area contributed by atoms with Gasteiger partial charge in [-0.05, 0) is 49.7 Å². The molecule has 2 aliphatic rings. The zero-order chi connectivity index (χ0) is 21.1. The van der Waals surface area contributed by atoms with Gasteiger partial charge in [0, 0.05) is 17.8 Å². The molecule has 0 saturated carbocycles. The van der Waals surface area contributed by atoms with Crippen molar-refractivity contribution in [3.8, 4) is 5.75 Å². The number of hydrogen-bond donors (Lipinski definition) is 0. The molecule has 2 atom stereocenters. The number of ether oxygens (including phenoxy) is 1. The highest BCUT2D eigenvalue weighted by molar-refractivity contribution is 6.29. The molecule has 6 nitrogen and oxygen atoms in total. The summed E-state index contributed by atoms with van der Waals surface area (Å²) in [6, 6.07) is 14.8. The van der Waals surface area contributed by atoms with E-state index < -0.39 is 5.92 Å². The molecule has 2 amide bonds. The molecule has 0 aromatic heterocycles. The summed E-state index contributed by atoms with van der Waals surface area (Å²) in [5, 5.41) is 0. The van der Waals surface area contributed by atoms with Gasteiger partial charge in [0.05, 0.1) is 25.3 Å². The second kappa shape index (κ2) is 8.79. The molecule has 0 aliphatic carbocycles. The summed E-state index contributed by atoms with van der Waals surface area (Å²) in [6.45, 7) is 4.96. The highest BCUT2D eigenvalue weighted by Gasteiger charge is 2.39. The first-order chi connectivity index (χ1) is 14.7. The summed E-state index contributed by atoms with van der Waals surface area (Å²) in [6.07, 6.45) is 4.05. The van der Waals surface area contributed by atoms with E-state index in [2.05, 4.69) is 16.8 Å². The molecule has 2 aromatic rings. The van der Waals surface area contributed by atoms with Crippen LogP contribution < -0.4 is 9.64 Å². The zero-order valence-corrected chi connectivity index (χ0v) is 17.5. The number of benzene rings is 2. The molecule has 2 heterocycles. The summed E-state index contributed by atoms with van der Waals surface area (Å²) in [7, 11) is 1.53. The fraction of sp³-hybridized carbons (Fsp3) is 0.375. The van der Waals surface area contributed by atoms with E-state index in [4.69, 9.17) is 4.74 Å². The van der Waals surface area contributed by atoms with Crippen molar-refractivity contribution in [2.75, 3.05) is 31.6 Å². The Balaban J connectivity index is 1.67. The monoisotopic (exact) mass is 405 g/mol. The number of amides is 2. The van der Waals surface area contributed by atoms with Crippen LogP contribution in [0.5, 0.6) is 5.75 Å². The Kier molecular flexibility index (Phi) is 5.95. The summed E-state index contributed by atoms with van der Waals surface area (Å²) in [5.74, 6) is -0.748. The number of carbonyl (C=O) groups excluding carboxylic acids is 2. The fourth-order valence-electron chi connectivity index (χ4n) is 4.45. The van der Waals surface area contributed by atoms with E-state index in [9.17, 15) is 9.59 Å². The number of fused-ring (bicyclic) bond motifs is 1. The Labute approximate surface area is 177 Å². The maximum Gasteiger partial charge on any atom is 0.265 e. The standard InChI is InChI=1S/C24H27N3O3/c1-3-26-14-8-9-17(26)15-25-16-20-18-10-4-5-11-19(18)23(28)27(24(20)29)21-12-6-7-13-22(21)30-2/h4-7,10-13,16-17,20H,3,8-9,14-15H2,1-2H3/t17-,20?/m0/s1. The number of imide groups is 1. The van der Waals surface area contributed by atoms with Crippen LogP contribution in [0.2, 0.25) is 0 Å². The van der Waals surface area contributed by atoms with E-state index in [-0.39, 0.29) is 11.8 Å². The van der Waals surface area contributed by atoms with Gasteiger partial charge in [-0.3, -0.25) is 19.5 Å². The SMILES string of the molecule is CCN1CCC[C@H]1CN=CC1C(=O)N(c2ccccc2OC)C(=O)c2ccccc21. The molecule has 1 unspecified atom stereocenters. The Hall–Kier alpha value is -2.99. The summed E-state index contributed by atoms with van der Waals surface area (Å²) >= 11 is 0. The minimum atomic E-state index is -0.597. The first-order valence-electron chi connectivity index (χ1n) is 10.5. The lowest BCUT2D eigenvalue weighted by atomic mass is 9.88. The zero-order valence-electron chi connectivity index (χ0n) is 17.5. The molecule has 30 heavy (non-hydrogen) atoms. The van der Waals surface area contributed by atoms with Gasteiger partial charge in [-0.1, -0.05) is 37.3 Å². The molecule has 4 rings (SSSR count). The first kappa shape index (κ1) is 20.3. The minimum Gasteiger partial charge on any atom is -0.495 e. The maximum absolute atomic E-state index is 13.5. The van der Waals surface area contributed by atoms with Crippen LogP contribution in [0.1, 0.15) is 41.6 Å². The minimum absolute atomic E-state index is 0.300. The van der Waals surface area contributed by atoms with Crippen LogP contribution in [0.25, 0.3) is 0 Å². The molecule has 156 valence electrons. The molecule has 0 N–H and O–H groups in total. The number of likely N-dealkylation sites (N-methyl/N-ethyl adjacent to an activating group) is 1.